The second-order valence-electron chi connectivity index (χ2n) is 9.38. The van der Waals surface area contributed by atoms with Crippen LogP contribution in [-0.4, -0.2) is 0 Å². The topological polar surface area (TPSA) is 0 Å². The fraction of sp³-hybridized carbons (Fsp3) is 0.800. The van der Waals surface area contributed by atoms with E-state index in [1.54, 1.807) is 0 Å². The minimum Gasteiger partial charge on any atom is -0.0888 e. The predicted octanol–water partition coefficient (Wildman–Crippen LogP) is 11.1. The van der Waals surface area contributed by atoms with Crippen LogP contribution in [0.3, 0.4) is 0 Å². The van der Waals surface area contributed by atoms with Crippen LogP contribution in [0.1, 0.15) is 149 Å². The van der Waals surface area contributed by atoms with Crippen molar-refractivity contribution >= 4 is 0 Å². The van der Waals surface area contributed by atoms with Crippen molar-refractivity contribution in [3.63, 3.8) is 0 Å². The molecular weight excluding hydrogens is 360 g/mol. The summed E-state index contributed by atoms with van der Waals surface area (Å²) in [4.78, 5) is 0. The molecule has 0 saturated heterocycles. The second-order valence-corrected chi connectivity index (χ2v) is 9.38. The van der Waals surface area contributed by atoms with Crippen molar-refractivity contribution < 1.29 is 0 Å². The van der Waals surface area contributed by atoms with E-state index in [1.807, 2.05) is 0 Å². The Morgan fingerprint density at radius 3 is 1.40 bits per heavy atom. The van der Waals surface area contributed by atoms with Crippen molar-refractivity contribution in [3.8, 4) is 0 Å². The fourth-order valence-electron chi connectivity index (χ4n) is 4.05. The van der Waals surface area contributed by atoms with Crippen molar-refractivity contribution in [2.45, 2.75) is 149 Å². The molecule has 0 aliphatic rings. The molecule has 0 saturated carbocycles. The van der Waals surface area contributed by atoms with Crippen LogP contribution in [0.25, 0.3) is 0 Å². The van der Waals surface area contributed by atoms with Crippen molar-refractivity contribution in [1.82, 2.24) is 0 Å². The molecule has 0 spiro atoms. The van der Waals surface area contributed by atoms with Gasteiger partial charge in [0.15, 0.2) is 0 Å². The SMILES string of the molecule is CC/C=C/CCCCCCCCCCC(C)CCCCCCC/C=C/C=C/CCC. The Balaban J connectivity index is 3.23. The van der Waals surface area contributed by atoms with Crippen LogP contribution in [0, 0.1) is 5.92 Å². The first-order valence-electron chi connectivity index (χ1n) is 13.8. The summed E-state index contributed by atoms with van der Waals surface area (Å²) in [6.45, 7) is 6.92. The van der Waals surface area contributed by atoms with E-state index in [2.05, 4.69) is 57.2 Å². The van der Waals surface area contributed by atoms with Crippen LogP contribution in [0.2, 0.25) is 0 Å². The third-order valence-corrected chi connectivity index (χ3v) is 6.13. The van der Waals surface area contributed by atoms with Gasteiger partial charge >= 0.3 is 0 Å². The van der Waals surface area contributed by atoms with Gasteiger partial charge in [-0.3, -0.25) is 0 Å². The predicted molar refractivity (Wildman–Crippen MR) is 140 cm³/mol. The lowest BCUT2D eigenvalue weighted by molar-refractivity contribution is 0.431. The van der Waals surface area contributed by atoms with Gasteiger partial charge in [0, 0.05) is 0 Å². The van der Waals surface area contributed by atoms with E-state index in [4.69, 9.17) is 0 Å². The first kappa shape index (κ1) is 29.2. The molecule has 0 fully saturated rings. The van der Waals surface area contributed by atoms with Gasteiger partial charge in [-0.15, -0.1) is 0 Å². The monoisotopic (exact) mass is 416 g/mol. The Morgan fingerprint density at radius 1 is 0.467 bits per heavy atom. The highest BCUT2D eigenvalue weighted by molar-refractivity contribution is 5.02. The average molecular weight is 417 g/mol. The number of hydrogen-bond donors (Lipinski definition) is 0. The Labute approximate surface area is 191 Å². The molecule has 0 N–H and O–H groups in total. The maximum atomic E-state index is 2.48. The van der Waals surface area contributed by atoms with Gasteiger partial charge in [0.2, 0.25) is 0 Å². The van der Waals surface area contributed by atoms with Gasteiger partial charge in [0.25, 0.3) is 0 Å². The summed E-state index contributed by atoms with van der Waals surface area (Å²) in [7, 11) is 0. The summed E-state index contributed by atoms with van der Waals surface area (Å²) in [6.07, 6.45) is 41.5. The van der Waals surface area contributed by atoms with Gasteiger partial charge in [0.1, 0.15) is 0 Å². The quantitative estimate of drug-likeness (QED) is 0.0882. The molecule has 0 rings (SSSR count). The number of unbranched alkanes of at least 4 members (excludes halogenated alkanes) is 14. The molecule has 176 valence electrons. The zero-order valence-electron chi connectivity index (χ0n) is 21.2. The number of rotatable bonds is 23. The molecule has 0 aliphatic heterocycles. The highest BCUT2D eigenvalue weighted by Crippen LogP contribution is 2.19. The lowest BCUT2D eigenvalue weighted by atomic mass is 9.96. The van der Waals surface area contributed by atoms with Crippen molar-refractivity contribution in [1.29, 1.82) is 0 Å². The molecule has 1 atom stereocenters. The molecule has 0 radical (unpaired) electrons. The number of hydrogen-bond acceptors (Lipinski definition) is 0. The molecule has 0 aromatic rings. The zero-order chi connectivity index (χ0) is 22.0. The van der Waals surface area contributed by atoms with E-state index < -0.39 is 0 Å². The van der Waals surface area contributed by atoms with Gasteiger partial charge in [-0.2, -0.15) is 0 Å². The molecular formula is C30H56. The molecule has 0 bridgehead atoms. The number of allylic oxidation sites excluding steroid dienone is 6. The zero-order valence-corrected chi connectivity index (χ0v) is 21.2. The Bertz CT molecular complexity index is 387. The fourth-order valence-corrected chi connectivity index (χ4v) is 4.05. The largest absolute Gasteiger partial charge is 0.0888 e. The molecule has 0 aromatic heterocycles. The smallest absolute Gasteiger partial charge is 0.0348 e. The Kier molecular flexibility index (Phi) is 25.6. The van der Waals surface area contributed by atoms with Crippen LogP contribution in [0.15, 0.2) is 36.5 Å². The summed E-state index contributed by atoms with van der Waals surface area (Å²) in [6, 6.07) is 0. The second kappa shape index (κ2) is 26.3. The van der Waals surface area contributed by atoms with Gasteiger partial charge in [-0.1, -0.05) is 147 Å². The van der Waals surface area contributed by atoms with Gasteiger partial charge in [-0.05, 0) is 44.4 Å². The third-order valence-electron chi connectivity index (χ3n) is 6.13. The van der Waals surface area contributed by atoms with Crippen LogP contribution in [0.4, 0.5) is 0 Å². The van der Waals surface area contributed by atoms with E-state index in [1.165, 1.54) is 128 Å². The maximum Gasteiger partial charge on any atom is -0.0348 e. The lowest BCUT2D eigenvalue weighted by Crippen LogP contribution is -1.95. The highest BCUT2D eigenvalue weighted by atomic mass is 14.1. The molecule has 0 heterocycles. The molecule has 0 amide bonds. The van der Waals surface area contributed by atoms with Gasteiger partial charge < -0.3 is 0 Å². The standard InChI is InChI=1S/C30H56/c1-4-6-8-10-12-14-16-18-20-22-24-26-28-30(3)29-27-25-23-21-19-17-15-13-11-9-7-5-2/h6,8-9,11,13,15,30H,4-5,7,10,12,14,16-29H2,1-3H3/b8-6+,11-9+,15-13+. The van der Waals surface area contributed by atoms with E-state index in [0.29, 0.717) is 0 Å². The lowest BCUT2D eigenvalue weighted by Gasteiger charge is -2.11. The Morgan fingerprint density at radius 2 is 0.900 bits per heavy atom. The Hall–Kier alpha value is -0.780. The van der Waals surface area contributed by atoms with Gasteiger partial charge in [0.05, 0.1) is 0 Å². The summed E-state index contributed by atoms with van der Waals surface area (Å²) in [5.74, 6) is 0.944. The minimum absolute atomic E-state index is 0.944. The van der Waals surface area contributed by atoms with E-state index >= 15 is 0 Å². The third kappa shape index (κ3) is 25.3. The van der Waals surface area contributed by atoms with Crippen LogP contribution < -0.4 is 0 Å². The first-order chi connectivity index (χ1) is 14.8. The summed E-state index contributed by atoms with van der Waals surface area (Å²) < 4.78 is 0. The summed E-state index contributed by atoms with van der Waals surface area (Å²) >= 11 is 0. The maximum absolute atomic E-state index is 2.48. The summed E-state index contributed by atoms with van der Waals surface area (Å²) in [5.41, 5.74) is 0. The van der Waals surface area contributed by atoms with E-state index in [0.717, 1.165) is 5.92 Å². The normalized spacial score (nSPS) is 13.3. The van der Waals surface area contributed by atoms with E-state index in [9.17, 15) is 0 Å². The van der Waals surface area contributed by atoms with Crippen LogP contribution >= 0.6 is 0 Å². The van der Waals surface area contributed by atoms with Crippen LogP contribution in [0.5, 0.6) is 0 Å². The molecule has 30 heavy (non-hydrogen) atoms. The molecule has 0 aliphatic carbocycles. The van der Waals surface area contributed by atoms with Crippen molar-refractivity contribution in [3.05, 3.63) is 36.5 Å². The van der Waals surface area contributed by atoms with Crippen LogP contribution in [-0.2, 0) is 0 Å². The van der Waals surface area contributed by atoms with E-state index in [-0.39, 0.29) is 0 Å². The molecule has 0 nitrogen and oxygen atoms in total. The van der Waals surface area contributed by atoms with Gasteiger partial charge in [-0.25, -0.2) is 0 Å². The average Bonchev–Trinajstić information content (AvgIpc) is 2.75. The van der Waals surface area contributed by atoms with Crippen molar-refractivity contribution in [2.75, 3.05) is 0 Å². The molecule has 0 heteroatoms. The first-order valence-corrected chi connectivity index (χ1v) is 13.8. The summed E-state index contributed by atoms with van der Waals surface area (Å²) in [5, 5.41) is 0. The minimum atomic E-state index is 0.944. The van der Waals surface area contributed by atoms with Crippen molar-refractivity contribution in [2.24, 2.45) is 5.92 Å². The molecule has 1 unspecified atom stereocenters. The highest BCUT2D eigenvalue weighted by Gasteiger charge is 2.02. The molecule has 0 aromatic carbocycles.